The molecule has 2 rings (SSSR count). The lowest BCUT2D eigenvalue weighted by molar-refractivity contribution is -0.127. The summed E-state index contributed by atoms with van der Waals surface area (Å²) in [6.45, 7) is 0.652. The number of carbonyl (C=O) groups excluding carboxylic acids is 2. The fourth-order valence-corrected chi connectivity index (χ4v) is 2.79. The van der Waals surface area contributed by atoms with Crippen molar-refractivity contribution >= 4 is 29.3 Å². The number of benzene rings is 1. The standard InChI is InChI=1S/C18H21N3O2S/c1-21(12-9-15-7-10-19-11-8-15)18(23)14-24-13-17(22)20-16-5-3-2-4-6-16/h2-8,10-11H,9,12-14H2,1H3,(H,20,22). The van der Waals surface area contributed by atoms with Crippen molar-refractivity contribution in [1.82, 2.24) is 9.88 Å². The summed E-state index contributed by atoms with van der Waals surface area (Å²) in [7, 11) is 1.79. The van der Waals surface area contributed by atoms with Gasteiger partial charge in [0.05, 0.1) is 11.5 Å². The van der Waals surface area contributed by atoms with Crippen molar-refractivity contribution in [1.29, 1.82) is 0 Å². The van der Waals surface area contributed by atoms with E-state index in [2.05, 4.69) is 10.3 Å². The number of likely N-dealkylation sites (N-methyl/N-ethyl adjacent to an activating group) is 1. The Morgan fingerprint density at radius 2 is 1.79 bits per heavy atom. The lowest BCUT2D eigenvalue weighted by Crippen LogP contribution is -2.30. The van der Waals surface area contributed by atoms with Crippen LogP contribution in [0.1, 0.15) is 5.56 Å². The maximum atomic E-state index is 12.1. The molecule has 2 amide bonds. The summed E-state index contributed by atoms with van der Waals surface area (Å²) in [5.41, 5.74) is 1.92. The Kier molecular flexibility index (Phi) is 7.29. The molecular formula is C18H21N3O2S. The predicted octanol–water partition coefficient (Wildman–Crippen LogP) is 2.45. The first-order valence-electron chi connectivity index (χ1n) is 7.70. The average Bonchev–Trinajstić information content (AvgIpc) is 2.61. The van der Waals surface area contributed by atoms with Crippen LogP contribution in [0.3, 0.4) is 0 Å². The summed E-state index contributed by atoms with van der Waals surface area (Å²) in [5.74, 6) is 0.494. The summed E-state index contributed by atoms with van der Waals surface area (Å²) in [6, 6.07) is 13.2. The molecule has 2 aromatic rings. The molecule has 0 saturated heterocycles. The number of pyridine rings is 1. The third-order valence-corrected chi connectivity index (χ3v) is 4.34. The average molecular weight is 343 g/mol. The third kappa shape index (κ3) is 6.42. The Balaban J connectivity index is 1.64. The van der Waals surface area contributed by atoms with Gasteiger partial charge in [0.2, 0.25) is 11.8 Å². The minimum Gasteiger partial charge on any atom is -0.345 e. The number of nitrogens with zero attached hydrogens (tertiary/aromatic N) is 2. The Morgan fingerprint density at radius 3 is 2.50 bits per heavy atom. The van der Waals surface area contributed by atoms with Gasteiger partial charge in [-0.05, 0) is 36.2 Å². The molecule has 0 aliphatic carbocycles. The molecule has 0 unspecified atom stereocenters. The molecule has 0 aliphatic heterocycles. The van der Waals surface area contributed by atoms with Gasteiger partial charge in [-0.1, -0.05) is 18.2 Å². The third-order valence-electron chi connectivity index (χ3n) is 3.43. The zero-order valence-corrected chi connectivity index (χ0v) is 14.5. The summed E-state index contributed by atoms with van der Waals surface area (Å²) >= 11 is 1.33. The van der Waals surface area contributed by atoms with Gasteiger partial charge in [0, 0.05) is 31.7 Å². The summed E-state index contributed by atoms with van der Waals surface area (Å²) in [4.78, 5) is 29.5. The number of carbonyl (C=O) groups is 2. The molecule has 1 heterocycles. The van der Waals surface area contributed by atoms with Crippen LogP contribution in [0, 0.1) is 0 Å². The maximum Gasteiger partial charge on any atom is 0.234 e. The van der Waals surface area contributed by atoms with E-state index >= 15 is 0 Å². The van der Waals surface area contributed by atoms with Crippen molar-refractivity contribution in [3.8, 4) is 0 Å². The van der Waals surface area contributed by atoms with Gasteiger partial charge in [0.1, 0.15) is 0 Å². The van der Waals surface area contributed by atoms with E-state index in [0.29, 0.717) is 12.3 Å². The van der Waals surface area contributed by atoms with Gasteiger partial charge in [-0.3, -0.25) is 14.6 Å². The molecular weight excluding hydrogens is 322 g/mol. The first-order chi connectivity index (χ1) is 11.6. The lowest BCUT2D eigenvalue weighted by Gasteiger charge is -2.16. The second kappa shape index (κ2) is 9.72. The fourth-order valence-electron chi connectivity index (χ4n) is 2.03. The number of amides is 2. The number of rotatable bonds is 8. The SMILES string of the molecule is CN(CCc1ccncc1)C(=O)CSCC(=O)Nc1ccccc1. The first kappa shape index (κ1) is 18.0. The van der Waals surface area contributed by atoms with Gasteiger partial charge in [-0.2, -0.15) is 0 Å². The van der Waals surface area contributed by atoms with Gasteiger partial charge in [-0.25, -0.2) is 0 Å². The van der Waals surface area contributed by atoms with Crippen molar-refractivity contribution in [2.75, 3.05) is 30.4 Å². The van der Waals surface area contributed by atoms with E-state index in [9.17, 15) is 9.59 Å². The molecule has 0 saturated carbocycles. The molecule has 0 spiro atoms. The maximum absolute atomic E-state index is 12.1. The lowest BCUT2D eigenvalue weighted by atomic mass is 10.2. The first-order valence-corrected chi connectivity index (χ1v) is 8.86. The second-order valence-electron chi connectivity index (χ2n) is 5.33. The molecule has 1 N–H and O–H groups in total. The minimum atomic E-state index is -0.0987. The second-order valence-corrected chi connectivity index (χ2v) is 6.31. The van der Waals surface area contributed by atoms with E-state index in [1.54, 1.807) is 24.3 Å². The van der Waals surface area contributed by atoms with Crippen molar-refractivity contribution in [2.24, 2.45) is 0 Å². The van der Waals surface area contributed by atoms with Crippen LogP contribution >= 0.6 is 11.8 Å². The van der Waals surface area contributed by atoms with Crippen molar-refractivity contribution in [3.63, 3.8) is 0 Å². The van der Waals surface area contributed by atoms with E-state index in [4.69, 9.17) is 0 Å². The van der Waals surface area contributed by atoms with E-state index < -0.39 is 0 Å². The number of aromatic nitrogens is 1. The number of hydrogen-bond acceptors (Lipinski definition) is 4. The molecule has 5 nitrogen and oxygen atoms in total. The molecule has 6 heteroatoms. The predicted molar refractivity (Wildman–Crippen MR) is 98.0 cm³/mol. The highest BCUT2D eigenvalue weighted by Crippen LogP contribution is 2.08. The van der Waals surface area contributed by atoms with E-state index in [-0.39, 0.29) is 17.6 Å². The smallest absolute Gasteiger partial charge is 0.234 e. The van der Waals surface area contributed by atoms with E-state index in [0.717, 1.165) is 17.7 Å². The Hall–Kier alpha value is -2.34. The highest BCUT2D eigenvalue weighted by Gasteiger charge is 2.10. The number of para-hydroxylation sites is 1. The zero-order valence-electron chi connectivity index (χ0n) is 13.6. The topological polar surface area (TPSA) is 62.3 Å². The number of hydrogen-bond donors (Lipinski definition) is 1. The number of anilines is 1. The van der Waals surface area contributed by atoms with Gasteiger partial charge in [0.25, 0.3) is 0 Å². The van der Waals surface area contributed by atoms with Gasteiger partial charge in [0.15, 0.2) is 0 Å². The molecule has 0 aliphatic rings. The van der Waals surface area contributed by atoms with Crippen molar-refractivity contribution in [3.05, 3.63) is 60.4 Å². The van der Waals surface area contributed by atoms with Gasteiger partial charge >= 0.3 is 0 Å². The summed E-state index contributed by atoms with van der Waals surface area (Å²) < 4.78 is 0. The summed E-state index contributed by atoms with van der Waals surface area (Å²) in [5, 5.41) is 2.80. The number of thioether (sulfide) groups is 1. The van der Waals surface area contributed by atoms with Crippen LogP contribution in [-0.2, 0) is 16.0 Å². The molecule has 0 fully saturated rings. The molecule has 0 bridgehead atoms. The number of nitrogens with one attached hydrogen (secondary N) is 1. The molecule has 126 valence electrons. The van der Waals surface area contributed by atoms with Crippen LogP contribution in [0.5, 0.6) is 0 Å². The van der Waals surface area contributed by atoms with Crippen LogP contribution < -0.4 is 5.32 Å². The van der Waals surface area contributed by atoms with Crippen LogP contribution in [0.25, 0.3) is 0 Å². The van der Waals surface area contributed by atoms with Crippen LogP contribution in [0.4, 0.5) is 5.69 Å². The molecule has 0 radical (unpaired) electrons. The monoisotopic (exact) mass is 343 g/mol. The summed E-state index contributed by atoms with van der Waals surface area (Å²) in [6.07, 6.45) is 4.29. The Labute approximate surface area is 146 Å². The molecule has 1 aromatic heterocycles. The Bertz CT molecular complexity index is 650. The van der Waals surface area contributed by atoms with Crippen LogP contribution in [0.2, 0.25) is 0 Å². The zero-order chi connectivity index (χ0) is 17.2. The highest BCUT2D eigenvalue weighted by molar-refractivity contribution is 8.00. The normalized spacial score (nSPS) is 10.2. The van der Waals surface area contributed by atoms with E-state index in [1.807, 2.05) is 42.5 Å². The van der Waals surface area contributed by atoms with E-state index in [1.165, 1.54) is 11.8 Å². The molecule has 24 heavy (non-hydrogen) atoms. The van der Waals surface area contributed by atoms with Gasteiger partial charge in [-0.15, -0.1) is 11.8 Å². The Morgan fingerprint density at radius 1 is 1.08 bits per heavy atom. The van der Waals surface area contributed by atoms with Crippen molar-refractivity contribution in [2.45, 2.75) is 6.42 Å². The van der Waals surface area contributed by atoms with Crippen LogP contribution in [-0.4, -0.2) is 46.8 Å². The van der Waals surface area contributed by atoms with Crippen molar-refractivity contribution < 1.29 is 9.59 Å². The minimum absolute atomic E-state index is 0.0292. The van der Waals surface area contributed by atoms with Gasteiger partial charge < -0.3 is 10.2 Å². The largest absolute Gasteiger partial charge is 0.345 e. The molecule has 0 atom stereocenters. The fraction of sp³-hybridized carbons (Fsp3) is 0.278. The molecule has 1 aromatic carbocycles. The highest BCUT2D eigenvalue weighted by atomic mass is 32.2. The van der Waals surface area contributed by atoms with Crippen LogP contribution in [0.15, 0.2) is 54.9 Å². The quantitative estimate of drug-likeness (QED) is 0.800.